The molecule has 0 atom stereocenters. The summed E-state index contributed by atoms with van der Waals surface area (Å²) in [6.07, 6.45) is 1.50. The summed E-state index contributed by atoms with van der Waals surface area (Å²) in [6.45, 7) is 9.14. The van der Waals surface area contributed by atoms with Gasteiger partial charge in [-0.25, -0.2) is 0 Å². The Hall–Kier alpha value is -3.76. The van der Waals surface area contributed by atoms with Crippen molar-refractivity contribution in [3.8, 4) is 28.6 Å². The van der Waals surface area contributed by atoms with Crippen LogP contribution >= 0.6 is 0 Å². The summed E-state index contributed by atoms with van der Waals surface area (Å²) in [4.78, 5) is 27.1. The van der Waals surface area contributed by atoms with Gasteiger partial charge in [0.15, 0.2) is 12.1 Å². The van der Waals surface area contributed by atoms with E-state index >= 15 is 0 Å². The Balaban J connectivity index is 1.49. The lowest BCUT2D eigenvalue weighted by atomic mass is 9.98. The maximum Gasteiger partial charge on any atom is 0.303 e. The minimum atomic E-state index is -0.749. The number of aliphatic carboxylic acids is 1. The second-order valence-electron chi connectivity index (χ2n) is 9.70. The van der Waals surface area contributed by atoms with Crippen LogP contribution in [-0.4, -0.2) is 84.9 Å². The molecule has 4 rings (SSSR count). The van der Waals surface area contributed by atoms with Crippen LogP contribution in [0, 0.1) is 0 Å². The lowest BCUT2D eigenvalue weighted by Gasteiger charge is -2.34. The average molecular weight is 508 g/mol. The van der Waals surface area contributed by atoms with E-state index in [0.29, 0.717) is 35.3 Å². The number of aromatic nitrogens is 3. The van der Waals surface area contributed by atoms with Gasteiger partial charge in [0.2, 0.25) is 5.82 Å². The molecule has 0 aliphatic carbocycles. The third kappa shape index (κ3) is 6.15. The fourth-order valence-electron chi connectivity index (χ4n) is 4.67. The van der Waals surface area contributed by atoms with Gasteiger partial charge >= 0.3 is 5.97 Å². The largest absolute Gasteiger partial charge is 0.508 e. The Labute approximate surface area is 215 Å². The zero-order valence-electron chi connectivity index (χ0n) is 21.2. The Bertz CT molecular complexity index is 1250. The molecule has 1 aromatic heterocycles. The molecule has 1 aliphatic heterocycles. The number of phenolic OH excluding ortho intramolecular Hbond substituents is 2. The summed E-state index contributed by atoms with van der Waals surface area (Å²) in [5.41, 5.74) is 2.85. The highest BCUT2D eigenvalue weighted by Gasteiger charge is 2.21. The molecule has 37 heavy (non-hydrogen) atoms. The molecule has 10 heteroatoms. The zero-order valence-corrected chi connectivity index (χ0v) is 21.2. The quantitative estimate of drug-likeness (QED) is 0.354. The third-order valence-corrected chi connectivity index (χ3v) is 6.73. The van der Waals surface area contributed by atoms with Crippen molar-refractivity contribution in [2.24, 2.45) is 0 Å². The van der Waals surface area contributed by atoms with Gasteiger partial charge < -0.3 is 20.2 Å². The Morgan fingerprint density at radius 1 is 1.00 bits per heavy atom. The van der Waals surface area contributed by atoms with Crippen molar-refractivity contribution >= 4 is 12.3 Å². The number of nitrogens with zero attached hydrogens (tertiary/aromatic N) is 5. The summed E-state index contributed by atoms with van der Waals surface area (Å²) >= 11 is 0. The first-order valence-electron chi connectivity index (χ1n) is 12.5. The molecule has 10 nitrogen and oxygen atoms in total. The number of hydrogen-bond donors (Lipinski definition) is 3. The molecule has 0 unspecified atom stereocenters. The van der Waals surface area contributed by atoms with E-state index in [-0.39, 0.29) is 29.7 Å². The maximum absolute atomic E-state index is 11.7. The number of hydrogen-bond acceptors (Lipinski definition) is 8. The number of carbonyl (C=O) groups excluding carboxylic acids is 1. The van der Waals surface area contributed by atoms with Crippen molar-refractivity contribution in [1.82, 2.24) is 24.6 Å². The predicted molar refractivity (Wildman–Crippen MR) is 138 cm³/mol. The minimum Gasteiger partial charge on any atom is -0.508 e. The molecule has 0 radical (unpaired) electrons. The summed E-state index contributed by atoms with van der Waals surface area (Å²) in [6, 6.07) is 10.8. The molecule has 196 valence electrons. The van der Waals surface area contributed by atoms with Crippen molar-refractivity contribution in [1.29, 1.82) is 0 Å². The van der Waals surface area contributed by atoms with Gasteiger partial charge in [0, 0.05) is 50.9 Å². The fraction of sp³-hybridized carbons (Fsp3) is 0.407. The van der Waals surface area contributed by atoms with E-state index in [4.69, 9.17) is 5.11 Å². The third-order valence-electron chi connectivity index (χ3n) is 6.73. The highest BCUT2D eigenvalue weighted by molar-refractivity contribution is 5.76. The number of aldehydes is 1. The van der Waals surface area contributed by atoms with Crippen molar-refractivity contribution in [3.63, 3.8) is 0 Å². The van der Waals surface area contributed by atoms with E-state index in [1.165, 1.54) is 6.07 Å². The van der Waals surface area contributed by atoms with Crippen molar-refractivity contribution in [2.45, 2.75) is 39.2 Å². The molecule has 1 fully saturated rings. The Morgan fingerprint density at radius 3 is 2.30 bits per heavy atom. The molecule has 2 heterocycles. The zero-order chi connectivity index (χ0) is 26.5. The van der Waals surface area contributed by atoms with Crippen LogP contribution in [0.4, 0.5) is 0 Å². The number of carboxylic acids is 1. The van der Waals surface area contributed by atoms with Gasteiger partial charge in [-0.15, -0.1) is 10.2 Å². The number of carboxylic acid groups (broad SMARTS) is 1. The van der Waals surface area contributed by atoms with Crippen LogP contribution < -0.4 is 0 Å². The lowest BCUT2D eigenvalue weighted by molar-refractivity contribution is -0.137. The van der Waals surface area contributed by atoms with E-state index in [2.05, 4.69) is 20.0 Å². The normalized spacial score (nSPS) is 14.8. The van der Waals surface area contributed by atoms with Crippen LogP contribution in [0.2, 0.25) is 0 Å². The molecule has 0 saturated carbocycles. The van der Waals surface area contributed by atoms with E-state index in [1.54, 1.807) is 10.6 Å². The van der Waals surface area contributed by atoms with Gasteiger partial charge in [0.05, 0.1) is 5.56 Å². The van der Waals surface area contributed by atoms with Crippen LogP contribution in [-0.2, 0) is 11.3 Å². The van der Waals surface area contributed by atoms with Crippen molar-refractivity contribution in [2.75, 3.05) is 32.7 Å². The summed E-state index contributed by atoms with van der Waals surface area (Å²) in [7, 11) is 0. The lowest BCUT2D eigenvalue weighted by Crippen LogP contribution is -2.46. The molecule has 0 amide bonds. The topological polar surface area (TPSA) is 132 Å². The van der Waals surface area contributed by atoms with E-state index in [9.17, 15) is 19.8 Å². The smallest absolute Gasteiger partial charge is 0.303 e. The van der Waals surface area contributed by atoms with Crippen LogP contribution in [0.3, 0.4) is 0 Å². The SMILES string of the molecule is CC(C)c1cc(-c2nnc(C=O)n2-c2ccc(CN3CCN(CCCC(=O)O)CC3)cc2)c(O)cc1O. The molecule has 3 aromatic rings. The molecule has 0 spiro atoms. The van der Waals surface area contributed by atoms with Crippen LogP contribution in [0.1, 0.15) is 54.4 Å². The van der Waals surface area contributed by atoms with E-state index in [0.717, 1.165) is 44.8 Å². The number of benzene rings is 2. The minimum absolute atomic E-state index is 0.00312. The number of carbonyl (C=O) groups is 2. The molecule has 3 N–H and O–H groups in total. The average Bonchev–Trinajstić information content (AvgIpc) is 3.29. The predicted octanol–water partition coefficient (Wildman–Crippen LogP) is 3.26. The standard InChI is InChI=1S/C27H33N5O5/c1-18(2)21-14-22(24(35)15-23(21)34)27-29-28-25(17-33)32(27)20-7-5-19(6-8-20)16-31-12-10-30(11-13-31)9-3-4-26(36)37/h5-8,14-15,17-18,34-35H,3-4,9-13,16H2,1-2H3,(H,36,37). The summed E-state index contributed by atoms with van der Waals surface area (Å²) < 4.78 is 1.60. The van der Waals surface area contributed by atoms with Crippen molar-refractivity contribution in [3.05, 3.63) is 53.3 Å². The van der Waals surface area contributed by atoms with Crippen LogP contribution in [0.25, 0.3) is 17.1 Å². The molecule has 2 aromatic carbocycles. The number of rotatable bonds is 10. The first kappa shape index (κ1) is 26.3. The Morgan fingerprint density at radius 2 is 1.68 bits per heavy atom. The summed E-state index contributed by atoms with van der Waals surface area (Å²) in [5.74, 6) is -0.447. The molecular weight excluding hydrogens is 474 g/mol. The first-order valence-corrected chi connectivity index (χ1v) is 12.5. The van der Waals surface area contributed by atoms with Gasteiger partial charge in [-0.05, 0) is 48.2 Å². The van der Waals surface area contributed by atoms with Gasteiger partial charge in [-0.2, -0.15) is 0 Å². The second-order valence-corrected chi connectivity index (χ2v) is 9.70. The maximum atomic E-state index is 11.7. The van der Waals surface area contributed by atoms with Gasteiger partial charge in [0.25, 0.3) is 0 Å². The van der Waals surface area contributed by atoms with Gasteiger partial charge in [0.1, 0.15) is 11.5 Å². The van der Waals surface area contributed by atoms with Crippen LogP contribution in [0.15, 0.2) is 36.4 Å². The Kier molecular flexibility index (Phi) is 8.20. The highest BCUT2D eigenvalue weighted by atomic mass is 16.4. The summed E-state index contributed by atoms with van der Waals surface area (Å²) in [5, 5.41) is 37.8. The molecule has 1 saturated heterocycles. The number of aromatic hydroxyl groups is 2. The van der Waals surface area contributed by atoms with E-state index < -0.39 is 5.97 Å². The van der Waals surface area contributed by atoms with Gasteiger partial charge in [-0.1, -0.05) is 26.0 Å². The second kappa shape index (κ2) is 11.5. The van der Waals surface area contributed by atoms with E-state index in [1.807, 2.05) is 38.1 Å². The molecular formula is C27H33N5O5. The molecule has 0 bridgehead atoms. The first-order chi connectivity index (χ1) is 17.8. The van der Waals surface area contributed by atoms with Crippen molar-refractivity contribution < 1.29 is 24.9 Å². The molecule has 1 aliphatic rings. The number of phenols is 2. The monoisotopic (exact) mass is 507 g/mol. The van der Waals surface area contributed by atoms with Crippen LogP contribution in [0.5, 0.6) is 11.5 Å². The number of piperazine rings is 1. The van der Waals surface area contributed by atoms with Gasteiger partial charge in [-0.3, -0.25) is 19.1 Å². The highest BCUT2D eigenvalue weighted by Crippen LogP contribution is 2.38. The fourth-order valence-corrected chi connectivity index (χ4v) is 4.67.